The van der Waals surface area contributed by atoms with Crippen LogP contribution in [0.3, 0.4) is 0 Å². The number of amides is 1. The minimum Gasteiger partial charge on any atom is -0.325 e. The molecule has 2 rings (SSSR count). The Morgan fingerprint density at radius 2 is 1.44 bits per heavy atom. The van der Waals surface area contributed by atoms with Crippen LogP contribution < -0.4 is 5.32 Å². The van der Waals surface area contributed by atoms with Gasteiger partial charge in [-0.1, -0.05) is 0 Å². The van der Waals surface area contributed by atoms with Crippen molar-refractivity contribution in [3.05, 3.63) is 29.3 Å². The minimum absolute atomic E-state index is 0.0239. The molecule has 1 aromatic rings. The number of hydrogen-bond acceptors (Lipinski definition) is 3. The zero-order valence-corrected chi connectivity index (χ0v) is 13.3. The molecule has 140 valence electrons. The summed E-state index contributed by atoms with van der Waals surface area (Å²) in [5.41, 5.74) is -3.45. The molecular weight excluding hydrogens is 352 g/mol. The van der Waals surface area contributed by atoms with E-state index in [0.717, 1.165) is 13.1 Å². The van der Waals surface area contributed by atoms with E-state index in [0.29, 0.717) is 25.2 Å². The molecule has 1 amide bonds. The molecule has 0 atom stereocenters. The topological polar surface area (TPSA) is 35.6 Å². The van der Waals surface area contributed by atoms with Gasteiger partial charge >= 0.3 is 12.4 Å². The molecule has 4 nitrogen and oxygen atoms in total. The maximum atomic E-state index is 12.8. The highest BCUT2D eigenvalue weighted by Crippen LogP contribution is 2.37. The molecule has 1 fully saturated rings. The summed E-state index contributed by atoms with van der Waals surface area (Å²) in [7, 11) is 1.92. The smallest absolute Gasteiger partial charge is 0.325 e. The van der Waals surface area contributed by atoms with Crippen molar-refractivity contribution in [1.29, 1.82) is 0 Å². The predicted octanol–water partition coefficient (Wildman–Crippen LogP) is 2.91. The molecular formula is C15H17F6N3O. The van der Waals surface area contributed by atoms with Gasteiger partial charge in [0, 0.05) is 31.9 Å². The Bertz CT molecular complexity index is 588. The Labute approximate surface area is 140 Å². The lowest BCUT2D eigenvalue weighted by molar-refractivity contribution is -0.143. The number of nitrogens with zero attached hydrogens (tertiary/aromatic N) is 2. The summed E-state index contributed by atoms with van der Waals surface area (Å²) in [6, 6.07) is 1.02. The fourth-order valence-corrected chi connectivity index (χ4v) is 2.44. The van der Waals surface area contributed by atoms with Crippen molar-refractivity contribution in [3.8, 4) is 0 Å². The number of nitrogens with one attached hydrogen (secondary N) is 1. The van der Waals surface area contributed by atoms with Crippen LogP contribution >= 0.6 is 0 Å². The molecule has 0 aromatic heterocycles. The molecule has 1 aromatic carbocycles. The molecule has 0 saturated carbocycles. The van der Waals surface area contributed by atoms with Crippen LogP contribution in [0, 0.1) is 0 Å². The molecule has 1 N–H and O–H groups in total. The van der Waals surface area contributed by atoms with Gasteiger partial charge in [-0.25, -0.2) is 0 Å². The van der Waals surface area contributed by atoms with Gasteiger partial charge in [-0.3, -0.25) is 9.69 Å². The number of piperazine rings is 1. The molecule has 1 heterocycles. The fraction of sp³-hybridized carbons (Fsp3) is 0.533. The zero-order valence-electron chi connectivity index (χ0n) is 13.3. The molecule has 10 heteroatoms. The van der Waals surface area contributed by atoms with Crippen molar-refractivity contribution in [2.75, 3.05) is 45.1 Å². The summed E-state index contributed by atoms with van der Waals surface area (Å²) in [4.78, 5) is 15.8. The lowest BCUT2D eigenvalue weighted by atomic mass is 10.1. The van der Waals surface area contributed by atoms with E-state index in [-0.39, 0.29) is 12.6 Å². The molecule has 1 saturated heterocycles. The SMILES string of the molecule is CN1CCN(CC(=O)Nc2cc(C(F)(F)F)cc(C(F)(F)F)c2)CC1. The number of hydrogen-bond donors (Lipinski definition) is 1. The molecule has 25 heavy (non-hydrogen) atoms. The van der Waals surface area contributed by atoms with Crippen molar-refractivity contribution in [1.82, 2.24) is 9.80 Å². The van der Waals surface area contributed by atoms with Crippen LogP contribution in [-0.4, -0.2) is 55.5 Å². The number of carbonyl (C=O) groups is 1. The van der Waals surface area contributed by atoms with Crippen LogP contribution in [0.4, 0.5) is 32.0 Å². The predicted molar refractivity (Wildman–Crippen MR) is 79.0 cm³/mol. The second-order valence-corrected chi connectivity index (χ2v) is 5.92. The molecule has 0 bridgehead atoms. The van der Waals surface area contributed by atoms with Gasteiger partial charge in [0.1, 0.15) is 0 Å². The summed E-state index contributed by atoms with van der Waals surface area (Å²) < 4.78 is 76.7. The van der Waals surface area contributed by atoms with Gasteiger partial charge in [0.2, 0.25) is 5.91 Å². The average Bonchev–Trinajstić information content (AvgIpc) is 2.47. The Hall–Kier alpha value is -1.81. The van der Waals surface area contributed by atoms with Crippen LogP contribution in [0.2, 0.25) is 0 Å². The standard InChI is InChI=1S/C15H17F6N3O/c1-23-2-4-24(5-3-23)9-13(25)22-12-7-10(14(16,17)18)6-11(8-12)15(19,20)21/h6-8H,2-5,9H2,1H3,(H,22,25). The number of alkyl halides is 6. The molecule has 1 aliphatic rings. The van der Waals surface area contributed by atoms with Gasteiger partial charge in [-0.05, 0) is 25.2 Å². The van der Waals surface area contributed by atoms with Gasteiger partial charge in [0.25, 0.3) is 0 Å². The van der Waals surface area contributed by atoms with Gasteiger partial charge in [0.05, 0.1) is 17.7 Å². The van der Waals surface area contributed by atoms with E-state index in [1.54, 1.807) is 4.90 Å². The van der Waals surface area contributed by atoms with Gasteiger partial charge in [-0.15, -0.1) is 0 Å². The number of rotatable bonds is 3. The summed E-state index contributed by atoms with van der Waals surface area (Å²) in [6.45, 7) is 2.57. The normalized spacial score (nSPS) is 17.6. The molecule has 0 radical (unpaired) electrons. The molecule has 1 aliphatic heterocycles. The van der Waals surface area contributed by atoms with E-state index in [1.165, 1.54) is 0 Å². The molecule has 0 unspecified atom stereocenters. The van der Waals surface area contributed by atoms with E-state index in [4.69, 9.17) is 0 Å². The first-order valence-electron chi connectivity index (χ1n) is 7.45. The van der Waals surface area contributed by atoms with Crippen LogP contribution in [0.5, 0.6) is 0 Å². The monoisotopic (exact) mass is 369 g/mol. The summed E-state index contributed by atoms with van der Waals surface area (Å²) >= 11 is 0. The van der Waals surface area contributed by atoms with Crippen molar-refractivity contribution < 1.29 is 31.1 Å². The van der Waals surface area contributed by atoms with E-state index in [9.17, 15) is 31.1 Å². The second-order valence-electron chi connectivity index (χ2n) is 5.92. The number of anilines is 1. The third-order valence-electron chi connectivity index (χ3n) is 3.83. The largest absolute Gasteiger partial charge is 0.416 e. The fourth-order valence-electron chi connectivity index (χ4n) is 2.44. The van der Waals surface area contributed by atoms with Crippen LogP contribution in [0.15, 0.2) is 18.2 Å². The van der Waals surface area contributed by atoms with Crippen LogP contribution in [-0.2, 0) is 17.1 Å². The van der Waals surface area contributed by atoms with Gasteiger partial charge in [-0.2, -0.15) is 26.3 Å². The number of halogens is 6. The first-order chi connectivity index (χ1) is 11.4. The first-order valence-corrected chi connectivity index (χ1v) is 7.45. The zero-order chi connectivity index (χ0) is 18.8. The molecule has 0 aliphatic carbocycles. The highest BCUT2D eigenvalue weighted by molar-refractivity contribution is 5.92. The highest BCUT2D eigenvalue weighted by atomic mass is 19.4. The van der Waals surface area contributed by atoms with E-state index in [1.807, 2.05) is 7.05 Å². The van der Waals surface area contributed by atoms with Gasteiger partial charge in [0.15, 0.2) is 0 Å². The number of carbonyl (C=O) groups excluding carboxylic acids is 1. The maximum Gasteiger partial charge on any atom is 0.416 e. The minimum atomic E-state index is -4.95. The third kappa shape index (κ3) is 5.60. The van der Waals surface area contributed by atoms with Crippen LogP contribution in [0.1, 0.15) is 11.1 Å². The Kier molecular flexibility index (Phi) is 5.62. The number of benzene rings is 1. The second kappa shape index (κ2) is 7.20. The maximum absolute atomic E-state index is 12.8. The van der Waals surface area contributed by atoms with Crippen molar-refractivity contribution in [3.63, 3.8) is 0 Å². The van der Waals surface area contributed by atoms with Crippen molar-refractivity contribution in [2.45, 2.75) is 12.4 Å². The van der Waals surface area contributed by atoms with E-state index in [2.05, 4.69) is 10.2 Å². The lowest BCUT2D eigenvalue weighted by Crippen LogP contribution is -2.47. The van der Waals surface area contributed by atoms with Crippen molar-refractivity contribution in [2.24, 2.45) is 0 Å². The first kappa shape index (κ1) is 19.5. The van der Waals surface area contributed by atoms with E-state index >= 15 is 0 Å². The quantitative estimate of drug-likeness (QED) is 0.833. The Morgan fingerprint density at radius 1 is 0.960 bits per heavy atom. The van der Waals surface area contributed by atoms with Crippen LogP contribution in [0.25, 0.3) is 0 Å². The summed E-state index contributed by atoms with van der Waals surface area (Å²) in [6.07, 6.45) is -9.89. The Balaban J connectivity index is 2.13. The Morgan fingerprint density at radius 3 is 1.88 bits per heavy atom. The third-order valence-corrected chi connectivity index (χ3v) is 3.83. The summed E-state index contributed by atoms with van der Waals surface area (Å²) in [5.74, 6) is -0.656. The average molecular weight is 369 g/mol. The molecule has 0 spiro atoms. The lowest BCUT2D eigenvalue weighted by Gasteiger charge is -2.31. The van der Waals surface area contributed by atoms with E-state index < -0.39 is 35.1 Å². The van der Waals surface area contributed by atoms with Crippen molar-refractivity contribution >= 4 is 11.6 Å². The van der Waals surface area contributed by atoms with Gasteiger partial charge < -0.3 is 10.2 Å². The highest BCUT2D eigenvalue weighted by Gasteiger charge is 2.37. The number of likely N-dealkylation sites (N-methyl/N-ethyl adjacent to an activating group) is 1. The summed E-state index contributed by atoms with van der Waals surface area (Å²) in [5, 5.41) is 2.13.